The average Bonchev–Trinajstić information content (AvgIpc) is 2.36. The van der Waals surface area contributed by atoms with Crippen LogP contribution < -0.4 is 10.5 Å². The second-order valence-electron chi connectivity index (χ2n) is 3.86. The number of ether oxygens (including phenoxy) is 1. The Labute approximate surface area is 100 Å². The maximum Gasteiger partial charge on any atom is 0.146 e. The molecule has 2 rings (SSSR count). The molecule has 0 amide bonds. The molecular weight excluding hydrogens is 214 g/mol. The molecule has 0 bridgehead atoms. The zero-order valence-electron chi connectivity index (χ0n) is 9.63. The van der Waals surface area contributed by atoms with Crippen molar-refractivity contribution in [2.45, 2.75) is 13.0 Å². The summed E-state index contributed by atoms with van der Waals surface area (Å²) in [5.74, 6) is 0.545. The number of benzene rings is 2. The Hall–Kier alpha value is -2.16. The molecule has 3 heteroatoms. The molecule has 0 aromatic heterocycles. The van der Waals surface area contributed by atoms with E-state index in [1.807, 2.05) is 37.3 Å². The first kappa shape index (κ1) is 11.3. The summed E-state index contributed by atoms with van der Waals surface area (Å²) in [5, 5.41) is 9.48. The Morgan fingerprint density at radius 2 is 1.76 bits per heavy atom. The molecule has 0 heterocycles. The lowest BCUT2D eigenvalue weighted by Crippen LogP contribution is -2.04. The first-order chi connectivity index (χ1) is 8.18. The number of para-hydroxylation sites is 1. The molecule has 2 aromatic rings. The molecular formula is C14H15NO2. The van der Waals surface area contributed by atoms with Crippen LogP contribution in [0, 0.1) is 0 Å². The van der Waals surface area contributed by atoms with Gasteiger partial charge in [-0.2, -0.15) is 0 Å². The van der Waals surface area contributed by atoms with E-state index in [0.717, 1.165) is 5.56 Å². The molecule has 0 aliphatic heterocycles. The van der Waals surface area contributed by atoms with Gasteiger partial charge in [0, 0.05) is 0 Å². The minimum absolute atomic E-state index is 0.0442. The second kappa shape index (κ2) is 4.78. The van der Waals surface area contributed by atoms with Gasteiger partial charge in [0.15, 0.2) is 0 Å². The maximum atomic E-state index is 9.48. The van der Waals surface area contributed by atoms with Crippen LogP contribution in [0.1, 0.15) is 18.6 Å². The number of hydrogen-bond acceptors (Lipinski definition) is 3. The summed E-state index contributed by atoms with van der Waals surface area (Å²) < 4.78 is 5.73. The van der Waals surface area contributed by atoms with E-state index in [1.165, 1.54) is 6.07 Å². The summed E-state index contributed by atoms with van der Waals surface area (Å²) in [6.07, 6.45) is -0.111. The van der Waals surface area contributed by atoms with Crippen molar-refractivity contribution in [1.82, 2.24) is 0 Å². The third-order valence-electron chi connectivity index (χ3n) is 2.62. The summed E-state index contributed by atoms with van der Waals surface area (Å²) in [6.45, 7) is 1.94. The molecule has 0 radical (unpaired) electrons. The molecule has 0 aliphatic rings. The Bertz CT molecular complexity index is 497. The first-order valence-electron chi connectivity index (χ1n) is 5.47. The third kappa shape index (κ3) is 2.50. The largest absolute Gasteiger partial charge is 0.506 e. The van der Waals surface area contributed by atoms with Crippen molar-refractivity contribution >= 4 is 5.69 Å². The lowest BCUT2D eigenvalue weighted by Gasteiger charge is -2.16. The van der Waals surface area contributed by atoms with Gasteiger partial charge >= 0.3 is 0 Å². The van der Waals surface area contributed by atoms with Gasteiger partial charge in [0.05, 0.1) is 0 Å². The van der Waals surface area contributed by atoms with Crippen molar-refractivity contribution in [1.29, 1.82) is 0 Å². The number of phenols is 1. The van der Waals surface area contributed by atoms with Gasteiger partial charge in [0.1, 0.15) is 23.3 Å². The van der Waals surface area contributed by atoms with Gasteiger partial charge in [-0.05, 0) is 24.6 Å². The van der Waals surface area contributed by atoms with Crippen molar-refractivity contribution in [3.63, 3.8) is 0 Å². The maximum absolute atomic E-state index is 9.48. The highest BCUT2D eigenvalue weighted by molar-refractivity contribution is 5.61. The van der Waals surface area contributed by atoms with Gasteiger partial charge < -0.3 is 15.6 Å². The summed E-state index contributed by atoms with van der Waals surface area (Å²) in [4.78, 5) is 0. The SMILES string of the molecule is CC(Oc1cccc(O)c1N)c1ccccc1. The molecule has 3 N–H and O–H groups in total. The lowest BCUT2D eigenvalue weighted by molar-refractivity contribution is 0.227. The van der Waals surface area contributed by atoms with Crippen LogP contribution in [0.4, 0.5) is 5.69 Å². The van der Waals surface area contributed by atoms with Crippen LogP contribution in [0.25, 0.3) is 0 Å². The van der Waals surface area contributed by atoms with Crippen LogP contribution in [0.5, 0.6) is 11.5 Å². The van der Waals surface area contributed by atoms with E-state index in [0.29, 0.717) is 5.75 Å². The van der Waals surface area contributed by atoms with Gasteiger partial charge in [-0.25, -0.2) is 0 Å². The quantitative estimate of drug-likeness (QED) is 0.628. The third-order valence-corrected chi connectivity index (χ3v) is 2.62. The highest BCUT2D eigenvalue weighted by Crippen LogP contribution is 2.33. The van der Waals surface area contributed by atoms with Crippen LogP contribution in [-0.2, 0) is 0 Å². The Morgan fingerprint density at radius 1 is 1.06 bits per heavy atom. The Morgan fingerprint density at radius 3 is 2.47 bits per heavy atom. The number of nitrogens with two attached hydrogens (primary N) is 1. The zero-order chi connectivity index (χ0) is 12.3. The molecule has 1 atom stereocenters. The average molecular weight is 229 g/mol. The molecule has 17 heavy (non-hydrogen) atoms. The monoisotopic (exact) mass is 229 g/mol. The topological polar surface area (TPSA) is 55.5 Å². The summed E-state index contributed by atoms with van der Waals surface area (Å²) in [5.41, 5.74) is 7.07. The Kier molecular flexibility index (Phi) is 3.19. The number of phenolic OH excluding ortho intramolecular Hbond substituents is 1. The van der Waals surface area contributed by atoms with E-state index in [-0.39, 0.29) is 17.5 Å². The fourth-order valence-corrected chi connectivity index (χ4v) is 1.62. The van der Waals surface area contributed by atoms with Crippen LogP contribution in [0.15, 0.2) is 48.5 Å². The van der Waals surface area contributed by atoms with Gasteiger partial charge in [0.2, 0.25) is 0 Å². The van der Waals surface area contributed by atoms with Crippen molar-refractivity contribution in [2.24, 2.45) is 0 Å². The van der Waals surface area contributed by atoms with Crippen molar-refractivity contribution in [3.05, 3.63) is 54.1 Å². The summed E-state index contributed by atoms with van der Waals surface area (Å²) in [7, 11) is 0. The van der Waals surface area contributed by atoms with Gasteiger partial charge in [-0.15, -0.1) is 0 Å². The molecule has 0 aliphatic carbocycles. The van der Waals surface area contributed by atoms with E-state index in [1.54, 1.807) is 12.1 Å². The van der Waals surface area contributed by atoms with Crippen LogP contribution in [-0.4, -0.2) is 5.11 Å². The van der Waals surface area contributed by atoms with E-state index in [4.69, 9.17) is 10.5 Å². The van der Waals surface area contributed by atoms with E-state index < -0.39 is 0 Å². The van der Waals surface area contributed by atoms with E-state index in [2.05, 4.69) is 0 Å². The van der Waals surface area contributed by atoms with Gasteiger partial charge in [-0.1, -0.05) is 36.4 Å². The highest BCUT2D eigenvalue weighted by Gasteiger charge is 2.10. The van der Waals surface area contributed by atoms with Crippen molar-refractivity contribution in [3.8, 4) is 11.5 Å². The van der Waals surface area contributed by atoms with E-state index >= 15 is 0 Å². The predicted octanol–water partition coefficient (Wildman–Crippen LogP) is 3.11. The van der Waals surface area contributed by atoms with Crippen molar-refractivity contribution in [2.75, 3.05) is 5.73 Å². The molecule has 1 unspecified atom stereocenters. The number of rotatable bonds is 3. The second-order valence-corrected chi connectivity index (χ2v) is 3.86. The number of aromatic hydroxyl groups is 1. The molecule has 0 saturated heterocycles. The lowest BCUT2D eigenvalue weighted by atomic mass is 10.1. The van der Waals surface area contributed by atoms with Crippen LogP contribution in [0.3, 0.4) is 0 Å². The zero-order valence-corrected chi connectivity index (χ0v) is 9.63. The summed E-state index contributed by atoms with van der Waals surface area (Å²) >= 11 is 0. The molecule has 0 spiro atoms. The Balaban J connectivity index is 2.19. The number of hydrogen-bond donors (Lipinski definition) is 2. The standard InChI is InChI=1S/C14H15NO2/c1-10(11-6-3-2-4-7-11)17-13-9-5-8-12(16)14(13)15/h2-10,16H,15H2,1H3. The van der Waals surface area contributed by atoms with Gasteiger partial charge in [-0.3, -0.25) is 0 Å². The van der Waals surface area contributed by atoms with Crippen molar-refractivity contribution < 1.29 is 9.84 Å². The smallest absolute Gasteiger partial charge is 0.146 e. The minimum atomic E-state index is -0.111. The van der Waals surface area contributed by atoms with Gasteiger partial charge in [0.25, 0.3) is 0 Å². The summed E-state index contributed by atoms with van der Waals surface area (Å²) in [6, 6.07) is 14.8. The fraction of sp³-hybridized carbons (Fsp3) is 0.143. The minimum Gasteiger partial charge on any atom is -0.506 e. The first-order valence-corrected chi connectivity index (χ1v) is 5.47. The molecule has 0 saturated carbocycles. The predicted molar refractivity (Wildman–Crippen MR) is 68.0 cm³/mol. The molecule has 0 fully saturated rings. The van der Waals surface area contributed by atoms with E-state index in [9.17, 15) is 5.11 Å². The van der Waals surface area contributed by atoms with Crippen LogP contribution >= 0.6 is 0 Å². The van der Waals surface area contributed by atoms with Crippen LogP contribution in [0.2, 0.25) is 0 Å². The molecule has 3 nitrogen and oxygen atoms in total. The number of anilines is 1. The normalized spacial score (nSPS) is 12.1. The fourth-order valence-electron chi connectivity index (χ4n) is 1.62. The number of nitrogen functional groups attached to an aromatic ring is 1. The molecule has 2 aromatic carbocycles. The molecule has 88 valence electrons. The highest BCUT2D eigenvalue weighted by atomic mass is 16.5.